The predicted octanol–water partition coefficient (Wildman–Crippen LogP) is 1.67. The molecule has 0 fully saturated rings. The minimum Gasteiger partial charge on any atom is -0.345 e. The molecule has 0 saturated carbocycles. The topological polar surface area (TPSA) is 21.5 Å². The third-order valence-electron chi connectivity index (χ3n) is 4.73. The lowest BCUT2D eigenvalue weighted by Crippen LogP contribution is -2.58. The van der Waals surface area contributed by atoms with Crippen molar-refractivity contribution < 1.29 is 4.58 Å². The van der Waals surface area contributed by atoms with Crippen LogP contribution in [0.25, 0.3) is 6.08 Å². The number of rotatable bonds is 1. The van der Waals surface area contributed by atoms with Gasteiger partial charge in [-0.3, -0.25) is 9.89 Å². The summed E-state index contributed by atoms with van der Waals surface area (Å²) in [5.74, 6) is 1.33. The van der Waals surface area contributed by atoms with Gasteiger partial charge in [-0.25, -0.2) is 4.90 Å². The Bertz CT molecular complexity index is 601. The number of nitrogens with zero attached hydrogens (tertiary/aromatic N) is 3. The summed E-state index contributed by atoms with van der Waals surface area (Å²) < 4.78 is 2.52. The van der Waals surface area contributed by atoms with Crippen molar-refractivity contribution in [3.63, 3.8) is 0 Å². The van der Waals surface area contributed by atoms with E-state index in [1.54, 1.807) is 0 Å². The second-order valence-electron chi connectivity index (χ2n) is 6.12. The Morgan fingerprint density at radius 2 is 2.05 bits per heavy atom. The van der Waals surface area contributed by atoms with Crippen LogP contribution in [0.3, 0.4) is 0 Å². The third-order valence-corrected chi connectivity index (χ3v) is 4.73. The Morgan fingerprint density at radius 1 is 1.19 bits per heavy atom. The van der Waals surface area contributed by atoms with Crippen LogP contribution in [-0.2, 0) is 0 Å². The standard InChI is InChI=1S/C17H22N4/c1-19-13-8-14-6-2-3-7-15(14)16(19)21-12-5-11-20-10-4-9-18-17(20)21/h2-3,6-8,13,16H,4-5,9-12H2,1H3/p+1. The van der Waals surface area contributed by atoms with E-state index in [0.29, 0.717) is 6.17 Å². The Hall–Kier alpha value is -1.97. The van der Waals surface area contributed by atoms with Gasteiger partial charge >= 0.3 is 5.96 Å². The van der Waals surface area contributed by atoms with Crippen molar-refractivity contribution in [1.29, 1.82) is 0 Å². The minimum atomic E-state index is 0.301. The van der Waals surface area contributed by atoms with E-state index in [-0.39, 0.29) is 0 Å². The van der Waals surface area contributed by atoms with Crippen molar-refractivity contribution in [2.24, 2.45) is 0 Å². The second kappa shape index (κ2) is 5.10. The Morgan fingerprint density at radius 3 is 3.00 bits per heavy atom. The van der Waals surface area contributed by atoms with Crippen molar-refractivity contribution in [3.05, 3.63) is 41.6 Å². The fraction of sp³-hybridized carbons (Fsp3) is 0.471. The molecule has 4 heteroatoms. The lowest BCUT2D eigenvalue weighted by Gasteiger charge is -2.41. The number of guanidine groups is 1. The molecule has 4 rings (SSSR count). The van der Waals surface area contributed by atoms with Crippen molar-refractivity contribution in [3.8, 4) is 0 Å². The summed E-state index contributed by atoms with van der Waals surface area (Å²) in [6, 6.07) is 8.76. The first-order valence-electron chi connectivity index (χ1n) is 7.96. The summed E-state index contributed by atoms with van der Waals surface area (Å²) in [5.41, 5.74) is 2.75. The Labute approximate surface area is 126 Å². The highest BCUT2D eigenvalue weighted by molar-refractivity contribution is 5.77. The maximum Gasteiger partial charge on any atom is 0.350 e. The van der Waals surface area contributed by atoms with E-state index in [4.69, 9.17) is 0 Å². The first-order valence-corrected chi connectivity index (χ1v) is 7.96. The van der Waals surface area contributed by atoms with Gasteiger partial charge in [0.05, 0.1) is 26.2 Å². The molecule has 3 aliphatic rings. The molecule has 21 heavy (non-hydrogen) atoms. The highest BCUT2D eigenvalue weighted by atomic mass is 15.4. The van der Waals surface area contributed by atoms with Gasteiger partial charge in [0.25, 0.3) is 0 Å². The maximum atomic E-state index is 3.64. The minimum absolute atomic E-state index is 0.301. The Balaban J connectivity index is 1.76. The van der Waals surface area contributed by atoms with E-state index in [2.05, 4.69) is 63.3 Å². The van der Waals surface area contributed by atoms with E-state index >= 15 is 0 Å². The molecule has 1 N–H and O–H groups in total. The molecular formula is C17H23N4+. The number of nitrogens with one attached hydrogen (secondary N) is 1. The van der Waals surface area contributed by atoms with Gasteiger partial charge in [-0.2, -0.15) is 0 Å². The molecule has 3 heterocycles. The third kappa shape index (κ3) is 2.09. The molecule has 1 atom stereocenters. The zero-order valence-corrected chi connectivity index (χ0v) is 12.6. The van der Waals surface area contributed by atoms with Crippen molar-refractivity contribution >= 4 is 12.0 Å². The van der Waals surface area contributed by atoms with Gasteiger partial charge in [-0.1, -0.05) is 24.3 Å². The number of hydrogen-bond donors (Lipinski definition) is 1. The predicted molar refractivity (Wildman–Crippen MR) is 84.9 cm³/mol. The van der Waals surface area contributed by atoms with Crippen LogP contribution in [0.5, 0.6) is 0 Å². The van der Waals surface area contributed by atoms with Crippen molar-refractivity contribution in [2.45, 2.75) is 19.0 Å². The largest absolute Gasteiger partial charge is 0.350 e. The zero-order chi connectivity index (χ0) is 14.2. The van der Waals surface area contributed by atoms with Crippen LogP contribution in [0.1, 0.15) is 30.1 Å². The van der Waals surface area contributed by atoms with Crippen molar-refractivity contribution in [1.82, 2.24) is 15.1 Å². The monoisotopic (exact) mass is 283 g/mol. The van der Waals surface area contributed by atoms with Crippen LogP contribution >= 0.6 is 0 Å². The van der Waals surface area contributed by atoms with Gasteiger partial charge in [0, 0.05) is 31.7 Å². The molecule has 0 saturated heterocycles. The summed E-state index contributed by atoms with van der Waals surface area (Å²) in [6.07, 6.45) is 7.20. The van der Waals surface area contributed by atoms with Gasteiger partial charge in [-0.15, -0.1) is 0 Å². The highest BCUT2D eigenvalue weighted by Crippen LogP contribution is 2.32. The summed E-state index contributed by atoms with van der Waals surface area (Å²) >= 11 is 0. The number of benzene rings is 1. The molecule has 1 aromatic rings. The van der Waals surface area contributed by atoms with Gasteiger partial charge < -0.3 is 4.90 Å². The molecule has 0 radical (unpaired) electrons. The summed E-state index contributed by atoms with van der Waals surface area (Å²) in [7, 11) is 2.18. The van der Waals surface area contributed by atoms with E-state index in [0.717, 1.165) is 13.1 Å². The molecule has 3 aliphatic heterocycles. The average Bonchev–Trinajstić information content (AvgIpc) is 2.54. The van der Waals surface area contributed by atoms with Crippen LogP contribution in [0, 0.1) is 0 Å². The van der Waals surface area contributed by atoms with Gasteiger partial charge in [0.15, 0.2) is 6.17 Å². The highest BCUT2D eigenvalue weighted by Gasteiger charge is 2.38. The molecule has 0 bridgehead atoms. The quantitative estimate of drug-likeness (QED) is 0.792. The van der Waals surface area contributed by atoms with E-state index in [9.17, 15) is 0 Å². The summed E-state index contributed by atoms with van der Waals surface area (Å²) in [5, 5.41) is 3.64. The van der Waals surface area contributed by atoms with E-state index < -0.39 is 0 Å². The number of hydrogen-bond acceptors (Lipinski definition) is 3. The first kappa shape index (κ1) is 12.7. The van der Waals surface area contributed by atoms with Gasteiger partial charge in [0.1, 0.15) is 0 Å². The van der Waals surface area contributed by atoms with Crippen LogP contribution in [0.15, 0.2) is 30.5 Å². The van der Waals surface area contributed by atoms with Crippen molar-refractivity contribution in [2.75, 3.05) is 33.2 Å². The molecule has 1 aromatic carbocycles. The summed E-state index contributed by atoms with van der Waals surface area (Å²) in [4.78, 5) is 4.88. The Kier molecular flexibility index (Phi) is 3.09. The van der Waals surface area contributed by atoms with Gasteiger partial charge in [-0.05, 0) is 11.6 Å². The van der Waals surface area contributed by atoms with E-state index in [1.807, 2.05) is 0 Å². The molecular weight excluding hydrogens is 260 g/mol. The van der Waals surface area contributed by atoms with Crippen LogP contribution < -0.4 is 5.32 Å². The van der Waals surface area contributed by atoms with Gasteiger partial charge in [0.2, 0.25) is 0 Å². The molecule has 4 nitrogen and oxygen atoms in total. The van der Waals surface area contributed by atoms with Crippen LogP contribution in [0.2, 0.25) is 0 Å². The van der Waals surface area contributed by atoms with Crippen LogP contribution in [0.4, 0.5) is 0 Å². The molecule has 0 spiro atoms. The molecule has 0 amide bonds. The SMILES string of the molecule is CN1C=Cc2ccccc2C1N1CCC[N+]2=C1NCCC2. The smallest absolute Gasteiger partial charge is 0.345 e. The van der Waals surface area contributed by atoms with Crippen LogP contribution in [-0.4, -0.2) is 53.6 Å². The normalized spacial score (nSPS) is 24.5. The fourth-order valence-electron chi connectivity index (χ4n) is 3.75. The first-order chi connectivity index (χ1) is 10.3. The second-order valence-corrected chi connectivity index (χ2v) is 6.12. The molecule has 1 unspecified atom stereocenters. The summed E-state index contributed by atoms with van der Waals surface area (Å²) in [6.45, 7) is 4.59. The molecule has 110 valence electrons. The lowest BCUT2D eigenvalue weighted by atomic mass is 10.00. The molecule has 0 aromatic heterocycles. The average molecular weight is 283 g/mol. The maximum absolute atomic E-state index is 3.64. The fourth-order valence-corrected chi connectivity index (χ4v) is 3.75. The lowest BCUT2D eigenvalue weighted by molar-refractivity contribution is -0.545. The zero-order valence-electron chi connectivity index (χ0n) is 12.6. The van der Waals surface area contributed by atoms with E-state index in [1.165, 1.54) is 43.0 Å². The number of fused-ring (bicyclic) bond motifs is 1. The molecule has 0 aliphatic carbocycles.